The van der Waals surface area contributed by atoms with Crippen molar-refractivity contribution in [2.75, 3.05) is 13.7 Å². The molecule has 1 aromatic carbocycles. The van der Waals surface area contributed by atoms with Gasteiger partial charge in [-0.25, -0.2) is 19.4 Å². The van der Waals surface area contributed by atoms with Crippen molar-refractivity contribution in [3.05, 3.63) is 35.9 Å². The van der Waals surface area contributed by atoms with Crippen molar-refractivity contribution in [2.24, 2.45) is 0 Å². The first-order chi connectivity index (χ1) is 14.8. The molecule has 1 aliphatic heterocycles. The molecule has 0 saturated carbocycles. The van der Waals surface area contributed by atoms with Crippen LogP contribution in [0.15, 0.2) is 30.3 Å². The first-order valence-electron chi connectivity index (χ1n) is 10.6. The lowest BCUT2D eigenvalue weighted by atomic mass is 10.1. The van der Waals surface area contributed by atoms with Crippen LogP contribution in [0.4, 0.5) is 9.59 Å². The maximum atomic E-state index is 13.0. The Balaban J connectivity index is 2.33. The van der Waals surface area contributed by atoms with E-state index in [-0.39, 0.29) is 19.6 Å². The maximum absolute atomic E-state index is 13.0. The fourth-order valence-corrected chi connectivity index (χ4v) is 3.13. The standard InChI is InChI=1S/C23H34N2O7/c1-22(2,3)31-20(27)24-14-17(30-15-16-11-9-8-10-12-16)13-18(19(26)29-7)25(24)21(28)32-23(4,5)6/h8-12,17-18H,13-15H2,1-7H3/t17-,18-/m0/s1. The SMILES string of the molecule is COC(=O)[C@@H]1C[C@H](OCc2ccccc2)CN(C(=O)OC(C)(C)C)N1C(=O)OC(C)(C)C. The second-order valence-electron chi connectivity index (χ2n) is 9.58. The molecule has 1 aromatic rings. The lowest BCUT2D eigenvalue weighted by Crippen LogP contribution is -2.65. The highest BCUT2D eigenvalue weighted by molar-refractivity contribution is 5.83. The van der Waals surface area contributed by atoms with Crippen LogP contribution in [0.1, 0.15) is 53.5 Å². The Bertz CT molecular complexity index is 799. The van der Waals surface area contributed by atoms with E-state index in [2.05, 4.69) is 0 Å². The summed E-state index contributed by atoms with van der Waals surface area (Å²) < 4.78 is 21.9. The maximum Gasteiger partial charge on any atom is 0.430 e. The van der Waals surface area contributed by atoms with Crippen molar-refractivity contribution < 1.29 is 33.3 Å². The second kappa shape index (κ2) is 10.2. The molecule has 9 nitrogen and oxygen atoms in total. The van der Waals surface area contributed by atoms with E-state index in [1.165, 1.54) is 7.11 Å². The molecule has 0 radical (unpaired) electrons. The van der Waals surface area contributed by atoms with Gasteiger partial charge in [-0.05, 0) is 47.1 Å². The van der Waals surface area contributed by atoms with Crippen molar-refractivity contribution in [3.8, 4) is 0 Å². The van der Waals surface area contributed by atoms with Gasteiger partial charge in [-0.15, -0.1) is 0 Å². The van der Waals surface area contributed by atoms with Crippen molar-refractivity contribution in [1.82, 2.24) is 10.0 Å². The number of amides is 2. The summed E-state index contributed by atoms with van der Waals surface area (Å²) in [4.78, 5) is 38.6. The van der Waals surface area contributed by atoms with Crippen molar-refractivity contribution in [2.45, 2.75) is 77.9 Å². The number of carbonyl (C=O) groups excluding carboxylic acids is 3. The molecule has 178 valence electrons. The molecule has 0 aromatic heterocycles. The summed E-state index contributed by atoms with van der Waals surface area (Å²) in [5.41, 5.74) is -0.701. The van der Waals surface area contributed by atoms with Crippen LogP contribution in [0, 0.1) is 0 Å². The summed E-state index contributed by atoms with van der Waals surface area (Å²) in [6.07, 6.45) is -2.03. The molecule has 2 atom stereocenters. The van der Waals surface area contributed by atoms with Gasteiger partial charge in [-0.2, -0.15) is 5.01 Å². The predicted octanol–water partition coefficient (Wildman–Crippen LogP) is 3.91. The molecule has 0 N–H and O–H groups in total. The number of hydrogen-bond donors (Lipinski definition) is 0. The number of rotatable bonds is 4. The summed E-state index contributed by atoms with van der Waals surface area (Å²) in [5, 5.41) is 2.05. The van der Waals surface area contributed by atoms with E-state index in [4.69, 9.17) is 18.9 Å². The average Bonchev–Trinajstić information content (AvgIpc) is 2.69. The van der Waals surface area contributed by atoms with Crippen LogP contribution in [-0.2, 0) is 30.3 Å². The highest BCUT2D eigenvalue weighted by Gasteiger charge is 2.47. The quantitative estimate of drug-likeness (QED) is 0.507. The first-order valence-corrected chi connectivity index (χ1v) is 10.6. The summed E-state index contributed by atoms with van der Waals surface area (Å²) in [7, 11) is 1.22. The third kappa shape index (κ3) is 7.40. The molecule has 0 unspecified atom stereocenters. The van der Waals surface area contributed by atoms with Crippen LogP contribution in [0.3, 0.4) is 0 Å². The Hall–Kier alpha value is -2.81. The van der Waals surface area contributed by atoms with Gasteiger partial charge in [0.1, 0.15) is 11.2 Å². The topological polar surface area (TPSA) is 94.6 Å². The van der Waals surface area contributed by atoms with Crippen LogP contribution in [-0.4, -0.2) is 65.2 Å². The molecule has 1 saturated heterocycles. The highest BCUT2D eigenvalue weighted by Crippen LogP contribution is 2.27. The molecular formula is C23H34N2O7. The number of ether oxygens (including phenoxy) is 4. The summed E-state index contributed by atoms with van der Waals surface area (Å²) in [5.74, 6) is -0.683. The zero-order valence-corrected chi connectivity index (χ0v) is 19.9. The summed E-state index contributed by atoms with van der Waals surface area (Å²) in [6, 6.07) is 8.41. The second-order valence-corrected chi connectivity index (χ2v) is 9.58. The molecule has 2 amide bonds. The number of nitrogens with zero attached hydrogens (tertiary/aromatic N) is 2. The van der Waals surface area contributed by atoms with Gasteiger partial charge in [-0.1, -0.05) is 30.3 Å². The van der Waals surface area contributed by atoms with Crippen molar-refractivity contribution in [1.29, 1.82) is 0 Å². The Kier molecular flexibility index (Phi) is 8.12. The van der Waals surface area contributed by atoms with Gasteiger partial charge in [0.05, 0.1) is 26.4 Å². The van der Waals surface area contributed by atoms with Gasteiger partial charge in [0.25, 0.3) is 0 Å². The Morgan fingerprint density at radius 1 is 0.938 bits per heavy atom. The van der Waals surface area contributed by atoms with Crippen LogP contribution < -0.4 is 0 Å². The van der Waals surface area contributed by atoms with E-state index in [0.717, 1.165) is 15.6 Å². The molecule has 9 heteroatoms. The molecule has 0 bridgehead atoms. The fourth-order valence-electron chi connectivity index (χ4n) is 3.13. The lowest BCUT2D eigenvalue weighted by Gasteiger charge is -2.45. The van der Waals surface area contributed by atoms with E-state index >= 15 is 0 Å². The minimum atomic E-state index is -1.11. The van der Waals surface area contributed by atoms with Crippen LogP contribution in [0.5, 0.6) is 0 Å². The number of methoxy groups -OCH3 is 1. The largest absolute Gasteiger partial charge is 0.467 e. The number of esters is 1. The van der Waals surface area contributed by atoms with Gasteiger partial charge < -0.3 is 18.9 Å². The van der Waals surface area contributed by atoms with E-state index in [1.807, 2.05) is 30.3 Å². The molecule has 1 heterocycles. The summed E-state index contributed by atoms with van der Waals surface area (Å²) in [6.45, 7) is 10.5. The minimum absolute atomic E-state index is 0.00842. The first kappa shape index (κ1) is 25.5. The number of carbonyl (C=O) groups is 3. The number of hydrogen-bond acceptors (Lipinski definition) is 7. The van der Waals surface area contributed by atoms with Gasteiger partial charge in [-0.3, -0.25) is 0 Å². The van der Waals surface area contributed by atoms with Gasteiger partial charge in [0.2, 0.25) is 0 Å². The molecule has 1 fully saturated rings. The van der Waals surface area contributed by atoms with Gasteiger partial charge in [0.15, 0.2) is 6.04 Å². The number of benzene rings is 1. The van der Waals surface area contributed by atoms with Gasteiger partial charge >= 0.3 is 18.2 Å². The zero-order valence-electron chi connectivity index (χ0n) is 19.9. The third-order valence-electron chi connectivity index (χ3n) is 4.40. The smallest absolute Gasteiger partial charge is 0.430 e. The van der Waals surface area contributed by atoms with Gasteiger partial charge in [0, 0.05) is 6.42 Å². The fraction of sp³-hybridized carbons (Fsp3) is 0.609. The van der Waals surface area contributed by atoms with Crippen LogP contribution >= 0.6 is 0 Å². The van der Waals surface area contributed by atoms with Crippen molar-refractivity contribution in [3.63, 3.8) is 0 Å². The molecule has 32 heavy (non-hydrogen) atoms. The molecule has 0 spiro atoms. The Labute approximate surface area is 189 Å². The van der Waals surface area contributed by atoms with E-state index in [1.54, 1.807) is 41.5 Å². The third-order valence-corrected chi connectivity index (χ3v) is 4.40. The van der Waals surface area contributed by atoms with Crippen LogP contribution in [0.2, 0.25) is 0 Å². The highest BCUT2D eigenvalue weighted by atomic mass is 16.6. The van der Waals surface area contributed by atoms with Crippen LogP contribution in [0.25, 0.3) is 0 Å². The minimum Gasteiger partial charge on any atom is -0.467 e. The summed E-state index contributed by atoms with van der Waals surface area (Å²) >= 11 is 0. The molecular weight excluding hydrogens is 416 g/mol. The molecule has 0 aliphatic carbocycles. The predicted molar refractivity (Wildman–Crippen MR) is 116 cm³/mol. The molecule has 1 aliphatic rings. The van der Waals surface area contributed by atoms with E-state index < -0.39 is 41.5 Å². The van der Waals surface area contributed by atoms with E-state index in [0.29, 0.717) is 0 Å². The zero-order chi connectivity index (χ0) is 24.1. The number of hydrazine groups is 1. The Morgan fingerprint density at radius 2 is 1.50 bits per heavy atom. The lowest BCUT2D eigenvalue weighted by molar-refractivity contribution is -0.170. The van der Waals surface area contributed by atoms with Crippen molar-refractivity contribution >= 4 is 18.2 Å². The average molecular weight is 451 g/mol. The normalized spacial score (nSPS) is 19.3. The monoisotopic (exact) mass is 450 g/mol. The molecule has 2 rings (SSSR count). The van der Waals surface area contributed by atoms with E-state index in [9.17, 15) is 14.4 Å². The Morgan fingerprint density at radius 3 is 2.03 bits per heavy atom.